The molecule has 26 heavy (non-hydrogen) atoms. The largest absolute Gasteiger partial charge is 0.435 e. The summed E-state index contributed by atoms with van der Waals surface area (Å²) in [6.07, 6.45) is 31.0. The van der Waals surface area contributed by atoms with Gasteiger partial charge in [0.15, 0.2) is 0 Å². The zero-order valence-corrected chi connectivity index (χ0v) is 17.6. The third-order valence-electron chi connectivity index (χ3n) is 4.78. The van der Waals surface area contributed by atoms with E-state index in [1.165, 1.54) is 116 Å². The van der Waals surface area contributed by atoms with Crippen LogP contribution in [0, 0.1) is 0 Å². The molecule has 0 aromatic heterocycles. The lowest BCUT2D eigenvalue weighted by Crippen LogP contribution is -1.88. The van der Waals surface area contributed by atoms with E-state index in [1.807, 2.05) is 6.08 Å². The van der Waals surface area contributed by atoms with E-state index in [9.17, 15) is 4.79 Å². The lowest BCUT2D eigenvalue weighted by atomic mass is 10.0. The van der Waals surface area contributed by atoms with Crippen molar-refractivity contribution in [3.8, 4) is 0 Å². The third kappa shape index (κ3) is 22.9. The van der Waals surface area contributed by atoms with Gasteiger partial charge in [-0.1, -0.05) is 115 Å². The van der Waals surface area contributed by atoms with Crippen LogP contribution in [0.4, 0.5) is 0 Å². The molecule has 0 atom stereocenters. The number of carbonyl (C=O) groups is 1. The predicted molar refractivity (Wildman–Crippen MR) is 114 cm³/mol. The van der Waals surface area contributed by atoms with Gasteiger partial charge in [-0.15, -0.1) is 0 Å². The van der Waals surface area contributed by atoms with Gasteiger partial charge in [0.1, 0.15) is 0 Å². The van der Waals surface area contributed by atoms with Crippen molar-refractivity contribution in [3.05, 3.63) is 24.5 Å². The summed E-state index contributed by atoms with van der Waals surface area (Å²) in [6, 6.07) is 0. The molecular weight excluding hydrogens is 320 g/mol. The van der Waals surface area contributed by atoms with Gasteiger partial charge in [-0.3, -0.25) is 4.79 Å². The minimum atomic E-state index is -0.271. The van der Waals surface area contributed by atoms with Crippen molar-refractivity contribution in [2.45, 2.75) is 123 Å². The maximum atomic E-state index is 10.5. The highest BCUT2D eigenvalue weighted by molar-refractivity contribution is 5.66. The Morgan fingerprint density at radius 3 is 1.50 bits per heavy atom. The van der Waals surface area contributed by atoms with Crippen LogP contribution in [0.1, 0.15) is 123 Å². The SMILES string of the molecule is CCCCCCCCCCCCCCCCCCC=CC=COC(C)=O. The zero-order valence-electron chi connectivity index (χ0n) is 17.6. The van der Waals surface area contributed by atoms with Gasteiger partial charge in [0.25, 0.3) is 0 Å². The van der Waals surface area contributed by atoms with E-state index in [-0.39, 0.29) is 5.97 Å². The monoisotopic (exact) mass is 364 g/mol. The summed E-state index contributed by atoms with van der Waals surface area (Å²) >= 11 is 0. The van der Waals surface area contributed by atoms with Crippen molar-refractivity contribution in [3.63, 3.8) is 0 Å². The standard InChI is InChI=1S/C24H44O2/c1-3-4-5-6-7-8-9-10-11-12-13-14-15-16-17-18-19-20-21-22-23-26-24(2)25/h20-23H,3-19H2,1-2H3. The van der Waals surface area contributed by atoms with Crippen LogP contribution >= 0.6 is 0 Å². The molecule has 2 heteroatoms. The topological polar surface area (TPSA) is 26.3 Å². The molecule has 152 valence electrons. The average molecular weight is 365 g/mol. The summed E-state index contributed by atoms with van der Waals surface area (Å²) in [5.74, 6) is -0.271. The molecule has 0 aromatic carbocycles. The molecule has 0 bridgehead atoms. The summed E-state index contributed by atoms with van der Waals surface area (Å²) < 4.78 is 4.71. The Kier molecular flexibility index (Phi) is 21.1. The normalized spacial score (nSPS) is 11.6. The molecule has 0 saturated heterocycles. The van der Waals surface area contributed by atoms with Gasteiger partial charge < -0.3 is 4.74 Å². The summed E-state index contributed by atoms with van der Waals surface area (Å²) in [5, 5.41) is 0. The fourth-order valence-corrected chi connectivity index (χ4v) is 3.17. The smallest absolute Gasteiger partial charge is 0.307 e. The second-order valence-corrected chi connectivity index (χ2v) is 7.46. The molecule has 0 aromatic rings. The van der Waals surface area contributed by atoms with Crippen LogP contribution in [0.25, 0.3) is 0 Å². The molecule has 0 aliphatic heterocycles. The molecular formula is C24H44O2. The van der Waals surface area contributed by atoms with Crippen LogP contribution in [0.2, 0.25) is 0 Å². The summed E-state index contributed by atoms with van der Waals surface area (Å²) in [4.78, 5) is 10.5. The molecule has 0 amide bonds. The Hall–Kier alpha value is -1.05. The molecule has 0 heterocycles. The number of esters is 1. The van der Waals surface area contributed by atoms with Crippen molar-refractivity contribution in [2.24, 2.45) is 0 Å². The molecule has 0 radical (unpaired) electrons. The Morgan fingerprint density at radius 1 is 0.654 bits per heavy atom. The van der Waals surface area contributed by atoms with Crippen molar-refractivity contribution >= 4 is 5.97 Å². The minimum Gasteiger partial charge on any atom is -0.435 e. The highest BCUT2D eigenvalue weighted by Crippen LogP contribution is 2.14. The van der Waals surface area contributed by atoms with Gasteiger partial charge >= 0.3 is 5.97 Å². The number of hydrogen-bond acceptors (Lipinski definition) is 2. The van der Waals surface area contributed by atoms with E-state index in [0.717, 1.165) is 6.42 Å². The van der Waals surface area contributed by atoms with Crippen LogP contribution in [0.5, 0.6) is 0 Å². The van der Waals surface area contributed by atoms with Gasteiger partial charge in [-0.25, -0.2) is 0 Å². The highest BCUT2D eigenvalue weighted by atomic mass is 16.5. The lowest BCUT2D eigenvalue weighted by Gasteiger charge is -2.03. The first-order chi connectivity index (χ1) is 12.8. The third-order valence-corrected chi connectivity index (χ3v) is 4.78. The predicted octanol–water partition coefficient (Wildman–Crippen LogP) is 8.27. The van der Waals surface area contributed by atoms with E-state index >= 15 is 0 Å². The van der Waals surface area contributed by atoms with Gasteiger partial charge in [0.05, 0.1) is 6.26 Å². The van der Waals surface area contributed by atoms with Gasteiger partial charge in [0.2, 0.25) is 0 Å². The molecule has 0 unspecified atom stereocenters. The first-order valence-corrected chi connectivity index (χ1v) is 11.3. The van der Waals surface area contributed by atoms with E-state index in [2.05, 4.69) is 13.0 Å². The number of ether oxygens (including phenoxy) is 1. The van der Waals surface area contributed by atoms with Crippen LogP contribution in [-0.2, 0) is 9.53 Å². The number of unbranched alkanes of at least 4 members (excludes halogenated alkanes) is 16. The van der Waals surface area contributed by atoms with Crippen molar-refractivity contribution in [2.75, 3.05) is 0 Å². The second kappa shape index (κ2) is 22.0. The van der Waals surface area contributed by atoms with E-state index < -0.39 is 0 Å². The van der Waals surface area contributed by atoms with Crippen LogP contribution < -0.4 is 0 Å². The molecule has 0 saturated carbocycles. The van der Waals surface area contributed by atoms with Crippen molar-refractivity contribution < 1.29 is 9.53 Å². The molecule has 2 nitrogen and oxygen atoms in total. The molecule has 0 spiro atoms. The Morgan fingerprint density at radius 2 is 1.08 bits per heavy atom. The van der Waals surface area contributed by atoms with E-state index in [0.29, 0.717) is 0 Å². The Bertz CT molecular complexity index is 344. The van der Waals surface area contributed by atoms with Crippen LogP contribution in [-0.4, -0.2) is 5.97 Å². The number of allylic oxidation sites excluding steroid dienone is 3. The van der Waals surface area contributed by atoms with E-state index in [1.54, 1.807) is 6.08 Å². The summed E-state index contributed by atoms with van der Waals surface area (Å²) in [7, 11) is 0. The summed E-state index contributed by atoms with van der Waals surface area (Å²) in [6.45, 7) is 3.69. The zero-order chi connectivity index (χ0) is 19.1. The van der Waals surface area contributed by atoms with Gasteiger partial charge in [-0.05, 0) is 18.9 Å². The maximum Gasteiger partial charge on any atom is 0.307 e. The second-order valence-electron chi connectivity index (χ2n) is 7.46. The molecule has 0 aliphatic rings. The molecule has 0 rings (SSSR count). The molecule has 0 fully saturated rings. The lowest BCUT2D eigenvalue weighted by molar-refractivity contribution is -0.135. The van der Waals surface area contributed by atoms with Crippen LogP contribution in [0.15, 0.2) is 24.5 Å². The first-order valence-electron chi connectivity index (χ1n) is 11.3. The minimum absolute atomic E-state index is 0.271. The number of hydrogen-bond donors (Lipinski definition) is 0. The molecule has 0 N–H and O–H groups in total. The first kappa shape index (κ1) is 24.9. The Balaban J connectivity index is 3.10. The molecule has 0 aliphatic carbocycles. The maximum absolute atomic E-state index is 10.5. The quantitative estimate of drug-likeness (QED) is 0.0997. The fourth-order valence-electron chi connectivity index (χ4n) is 3.17. The summed E-state index contributed by atoms with van der Waals surface area (Å²) in [5.41, 5.74) is 0. The van der Waals surface area contributed by atoms with E-state index in [4.69, 9.17) is 4.74 Å². The van der Waals surface area contributed by atoms with Crippen LogP contribution in [0.3, 0.4) is 0 Å². The van der Waals surface area contributed by atoms with Crippen molar-refractivity contribution in [1.82, 2.24) is 0 Å². The van der Waals surface area contributed by atoms with Crippen molar-refractivity contribution in [1.29, 1.82) is 0 Å². The highest BCUT2D eigenvalue weighted by Gasteiger charge is 1.94. The number of rotatable bonds is 19. The fraction of sp³-hybridized carbons (Fsp3) is 0.792. The number of carbonyl (C=O) groups excluding carboxylic acids is 1. The Labute approximate surface area is 163 Å². The van der Waals surface area contributed by atoms with Gasteiger partial charge in [-0.2, -0.15) is 0 Å². The average Bonchev–Trinajstić information content (AvgIpc) is 2.62. The van der Waals surface area contributed by atoms with Gasteiger partial charge in [0, 0.05) is 6.92 Å².